The summed E-state index contributed by atoms with van der Waals surface area (Å²) in [5, 5.41) is 11.3. The number of nitrogen functional groups attached to an aromatic ring is 1. The van der Waals surface area contributed by atoms with Crippen molar-refractivity contribution in [1.29, 1.82) is 0 Å². The molecule has 0 unspecified atom stereocenters. The average Bonchev–Trinajstić information content (AvgIpc) is 2.23. The number of hydrogen-bond donors (Lipinski definition) is 1. The lowest BCUT2D eigenvalue weighted by atomic mass is 9.95. The Morgan fingerprint density at radius 3 is 2.21 bits per heavy atom. The molecule has 0 saturated carbocycles. The second kappa shape index (κ2) is 6.37. The first kappa shape index (κ1) is 16.0. The molecule has 5 heteroatoms. The third kappa shape index (κ3) is 3.93. The summed E-state index contributed by atoms with van der Waals surface area (Å²) in [5.41, 5.74) is 8.23. The molecule has 1 aromatic carbocycles. The molecular weight excluding hydrogens is 308 g/mol. The number of hydrogen-bond acceptors (Lipinski definition) is 3. The highest BCUT2D eigenvalue weighted by atomic mass is 79.9. The van der Waals surface area contributed by atoms with E-state index in [0.29, 0.717) is 34.0 Å². The molecule has 1 rings (SSSR count). The van der Waals surface area contributed by atoms with Crippen molar-refractivity contribution >= 4 is 27.3 Å². The van der Waals surface area contributed by atoms with E-state index in [2.05, 4.69) is 29.8 Å². The van der Waals surface area contributed by atoms with Gasteiger partial charge in [0.1, 0.15) is 0 Å². The van der Waals surface area contributed by atoms with Crippen LogP contribution in [0.1, 0.15) is 38.8 Å². The van der Waals surface area contributed by atoms with Crippen molar-refractivity contribution in [3.05, 3.63) is 31.8 Å². The molecule has 19 heavy (non-hydrogen) atoms. The van der Waals surface area contributed by atoms with Crippen LogP contribution in [0.2, 0.25) is 0 Å². The van der Waals surface area contributed by atoms with E-state index in [1.54, 1.807) is 0 Å². The lowest BCUT2D eigenvalue weighted by molar-refractivity contribution is -0.386. The maximum absolute atomic E-state index is 11.3. The first-order chi connectivity index (χ1) is 8.73. The number of nitrogens with two attached hydrogens (primary N) is 1. The number of halogens is 1. The SMILES string of the molecule is CC(C)Cc1cc(N)c(CC(C)C)c([N+](=O)[O-])c1Br. The Bertz CT molecular complexity index is 485. The fourth-order valence-corrected chi connectivity index (χ4v) is 2.82. The standard InChI is InChI=1S/C14H21BrN2O2/c1-8(2)5-10-7-12(16)11(6-9(3)4)14(13(10)15)17(18)19/h7-9H,5-6,16H2,1-4H3. The van der Waals surface area contributed by atoms with Crippen molar-refractivity contribution in [2.24, 2.45) is 11.8 Å². The van der Waals surface area contributed by atoms with Crippen LogP contribution in [0.15, 0.2) is 10.5 Å². The quantitative estimate of drug-likeness (QED) is 0.496. The van der Waals surface area contributed by atoms with Crippen molar-refractivity contribution in [3.63, 3.8) is 0 Å². The summed E-state index contributed by atoms with van der Waals surface area (Å²) < 4.78 is 0.580. The molecule has 0 heterocycles. The van der Waals surface area contributed by atoms with Crippen LogP contribution in [0.4, 0.5) is 11.4 Å². The Kier molecular flexibility index (Phi) is 5.35. The molecule has 0 fully saturated rings. The fraction of sp³-hybridized carbons (Fsp3) is 0.571. The molecule has 4 nitrogen and oxygen atoms in total. The molecule has 0 bridgehead atoms. The van der Waals surface area contributed by atoms with Crippen LogP contribution in [0.5, 0.6) is 0 Å². The molecule has 0 aromatic heterocycles. The summed E-state index contributed by atoms with van der Waals surface area (Å²) in [6.07, 6.45) is 1.39. The number of nitro benzene ring substituents is 1. The third-order valence-electron chi connectivity index (χ3n) is 2.88. The van der Waals surface area contributed by atoms with Crippen LogP contribution in [0.25, 0.3) is 0 Å². The largest absolute Gasteiger partial charge is 0.398 e. The van der Waals surface area contributed by atoms with E-state index in [9.17, 15) is 10.1 Å². The van der Waals surface area contributed by atoms with Crippen molar-refractivity contribution < 1.29 is 4.92 Å². The second-order valence-electron chi connectivity index (χ2n) is 5.72. The summed E-state index contributed by atoms with van der Waals surface area (Å²) in [4.78, 5) is 11.0. The van der Waals surface area contributed by atoms with Crippen molar-refractivity contribution in [2.45, 2.75) is 40.5 Å². The molecule has 0 aliphatic heterocycles. The van der Waals surface area contributed by atoms with Crippen molar-refractivity contribution in [2.75, 3.05) is 5.73 Å². The van der Waals surface area contributed by atoms with Gasteiger partial charge in [-0.2, -0.15) is 0 Å². The number of nitrogens with zero attached hydrogens (tertiary/aromatic N) is 1. The van der Waals surface area contributed by atoms with Crippen molar-refractivity contribution in [3.8, 4) is 0 Å². The zero-order valence-electron chi connectivity index (χ0n) is 11.9. The minimum absolute atomic E-state index is 0.129. The van der Waals surface area contributed by atoms with Crippen LogP contribution in [-0.2, 0) is 12.8 Å². The van der Waals surface area contributed by atoms with E-state index in [1.807, 2.05) is 19.9 Å². The van der Waals surface area contributed by atoms with Crippen LogP contribution < -0.4 is 5.73 Å². The number of anilines is 1. The molecule has 0 atom stereocenters. The van der Waals surface area contributed by atoms with Gasteiger partial charge in [-0.25, -0.2) is 0 Å². The maximum atomic E-state index is 11.3. The van der Waals surface area contributed by atoms with Crippen LogP contribution in [0, 0.1) is 22.0 Å². The predicted octanol–water partition coefficient (Wildman–Crippen LogP) is 4.34. The Morgan fingerprint density at radius 2 is 1.79 bits per heavy atom. The van der Waals surface area contributed by atoms with Gasteiger partial charge in [-0.15, -0.1) is 0 Å². The summed E-state index contributed by atoms with van der Waals surface area (Å²) in [6.45, 7) is 8.21. The van der Waals surface area contributed by atoms with E-state index in [0.717, 1.165) is 12.0 Å². The molecule has 0 aliphatic carbocycles. The minimum atomic E-state index is -0.331. The Morgan fingerprint density at radius 1 is 1.26 bits per heavy atom. The summed E-state index contributed by atoms with van der Waals surface area (Å²) in [6, 6.07) is 1.87. The zero-order chi connectivity index (χ0) is 14.7. The van der Waals surface area contributed by atoms with Gasteiger partial charge in [0.15, 0.2) is 0 Å². The molecular formula is C14H21BrN2O2. The topological polar surface area (TPSA) is 69.2 Å². The maximum Gasteiger partial charge on any atom is 0.289 e. The Balaban J connectivity index is 3.41. The van der Waals surface area contributed by atoms with Gasteiger partial charge in [0.25, 0.3) is 5.69 Å². The first-order valence-corrected chi connectivity index (χ1v) is 7.27. The lowest BCUT2D eigenvalue weighted by Gasteiger charge is -2.15. The monoisotopic (exact) mass is 328 g/mol. The van der Waals surface area contributed by atoms with Crippen LogP contribution in [-0.4, -0.2) is 4.92 Å². The smallest absolute Gasteiger partial charge is 0.289 e. The normalized spacial score (nSPS) is 11.3. The molecule has 2 N–H and O–H groups in total. The number of nitro groups is 1. The molecule has 0 aliphatic rings. The van der Waals surface area contributed by atoms with Gasteiger partial charge in [0.05, 0.1) is 15.0 Å². The highest BCUT2D eigenvalue weighted by Gasteiger charge is 2.25. The van der Waals surface area contributed by atoms with E-state index in [-0.39, 0.29) is 10.6 Å². The van der Waals surface area contributed by atoms with Gasteiger partial charge in [0, 0.05) is 5.69 Å². The van der Waals surface area contributed by atoms with Gasteiger partial charge in [-0.1, -0.05) is 27.7 Å². The van der Waals surface area contributed by atoms with E-state index >= 15 is 0 Å². The van der Waals surface area contributed by atoms with Crippen LogP contribution in [0.3, 0.4) is 0 Å². The second-order valence-corrected chi connectivity index (χ2v) is 6.51. The molecule has 0 spiro atoms. The lowest BCUT2D eigenvalue weighted by Crippen LogP contribution is -2.08. The number of rotatable bonds is 5. The van der Waals surface area contributed by atoms with Gasteiger partial charge in [-0.05, 0) is 52.2 Å². The Labute approximate surface area is 122 Å². The summed E-state index contributed by atoms with van der Waals surface area (Å²) in [7, 11) is 0. The molecule has 0 amide bonds. The minimum Gasteiger partial charge on any atom is -0.398 e. The molecule has 1 aromatic rings. The predicted molar refractivity (Wildman–Crippen MR) is 82.3 cm³/mol. The summed E-state index contributed by atoms with van der Waals surface area (Å²) in [5.74, 6) is 0.745. The molecule has 0 saturated heterocycles. The van der Waals surface area contributed by atoms with E-state index in [4.69, 9.17) is 5.73 Å². The summed E-state index contributed by atoms with van der Waals surface area (Å²) >= 11 is 3.39. The molecule has 106 valence electrons. The van der Waals surface area contributed by atoms with E-state index in [1.165, 1.54) is 0 Å². The third-order valence-corrected chi connectivity index (χ3v) is 3.76. The number of benzene rings is 1. The molecule has 0 radical (unpaired) electrons. The Hall–Kier alpha value is -1.10. The van der Waals surface area contributed by atoms with Crippen molar-refractivity contribution in [1.82, 2.24) is 0 Å². The highest BCUT2D eigenvalue weighted by Crippen LogP contribution is 2.38. The van der Waals surface area contributed by atoms with Gasteiger partial charge >= 0.3 is 0 Å². The average molecular weight is 329 g/mol. The van der Waals surface area contributed by atoms with E-state index < -0.39 is 0 Å². The zero-order valence-corrected chi connectivity index (χ0v) is 13.5. The van der Waals surface area contributed by atoms with Gasteiger partial charge in [0.2, 0.25) is 0 Å². The van der Waals surface area contributed by atoms with Crippen LogP contribution >= 0.6 is 15.9 Å². The van der Waals surface area contributed by atoms with Gasteiger partial charge in [-0.3, -0.25) is 10.1 Å². The first-order valence-electron chi connectivity index (χ1n) is 6.48. The van der Waals surface area contributed by atoms with Gasteiger partial charge < -0.3 is 5.73 Å². The highest BCUT2D eigenvalue weighted by molar-refractivity contribution is 9.10. The fourth-order valence-electron chi connectivity index (χ4n) is 2.16.